The summed E-state index contributed by atoms with van der Waals surface area (Å²) in [5, 5.41) is -7.80. The molecular formula is C17H24F15NO3S. The SMILES string of the molecule is CC(F)C(F)(F)C(F)(F)C(F)(F)C(F)(F)C(F)(F)C(F)(F)C(F)(F)S(=O)(=O)[O-].CC[N+](CC)(CC)CC. The van der Waals surface area contributed by atoms with E-state index in [-0.39, 0.29) is 0 Å². The van der Waals surface area contributed by atoms with Crippen molar-refractivity contribution < 1.29 is 83.3 Å². The van der Waals surface area contributed by atoms with E-state index >= 15 is 0 Å². The molecule has 0 heterocycles. The van der Waals surface area contributed by atoms with E-state index in [0.29, 0.717) is 0 Å². The minimum absolute atomic E-state index is 0.660. The molecular weight excluding hydrogens is 583 g/mol. The van der Waals surface area contributed by atoms with Gasteiger partial charge in [0.25, 0.3) is 0 Å². The van der Waals surface area contributed by atoms with Gasteiger partial charge in [0.05, 0.1) is 26.2 Å². The van der Waals surface area contributed by atoms with Crippen molar-refractivity contribution in [3.63, 3.8) is 0 Å². The number of quaternary nitrogens is 1. The van der Waals surface area contributed by atoms with Crippen LogP contribution in [0.15, 0.2) is 0 Å². The van der Waals surface area contributed by atoms with Gasteiger partial charge in [0.15, 0.2) is 16.3 Å². The Labute approximate surface area is 202 Å². The van der Waals surface area contributed by atoms with Gasteiger partial charge in [-0.1, -0.05) is 0 Å². The van der Waals surface area contributed by atoms with Crippen molar-refractivity contribution in [1.29, 1.82) is 0 Å². The number of rotatable bonds is 12. The highest BCUT2D eigenvalue weighted by molar-refractivity contribution is 7.86. The summed E-state index contributed by atoms with van der Waals surface area (Å²) in [6.07, 6.45) is -4.48. The molecule has 0 bridgehead atoms. The van der Waals surface area contributed by atoms with Crippen LogP contribution >= 0.6 is 0 Å². The molecule has 0 aliphatic carbocycles. The van der Waals surface area contributed by atoms with E-state index in [2.05, 4.69) is 27.7 Å². The molecule has 20 heteroatoms. The molecule has 0 saturated carbocycles. The second-order valence-electron chi connectivity index (χ2n) is 7.69. The van der Waals surface area contributed by atoms with Crippen LogP contribution in [0.5, 0.6) is 0 Å². The molecule has 0 N–H and O–H groups in total. The van der Waals surface area contributed by atoms with Crippen LogP contribution in [0.2, 0.25) is 0 Å². The standard InChI is InChI=1S/C9H5F15O3S.C8H20N/c1-2(10)3(11,12)4(13,14)5(15,16)6(17,18)7(19,20)8(21,22)9(23,24)28(25,26)27;1-5-9(6-2,7-3)8-4/h2H,1H3,(H,25,26,27);5-8H2,1-4H3/q;+1/p-1. The molecule has 1 unspecified atom stereocenters. The number of alkyl halides is 15. The van der Waals surface area contributed by atoms with Crippen molar-refractivity contribution in [1.82, 2.24) is 0 Å². The molecule has 226 valence electrons. The Morgan fingerprint density at radius 3 is 1.03 bits per heavy atom. The summed E-state index contributed by atoms with van der Waals surface area (Å²) in [4.78, 5) is 0. The molecule has 0 aromatic heterocycles. The predicted octanol–water partition coefficient (Wildman–Crippen LogP) is 6.18. The summed E-state index contributed by atoms with van der Waals surface area (Å²) in [6, 6.07) is 0. The maximum atomic E-state index is 13.1. The summed E-state index contributed by atoms with van der Waals surface area (Å²) >= 11 is 0. The molecule has 0 fully saturated rings. The van der Waals surface area contributed by atoms with Crippen LogP contribution in [-0.4, -0.2) is 90.6 Å². The van der Waals surface area contributed by atoms with Crippen molar-refractivity contribution >= 4 is 10.1 Å². The molecule has 0 aliphatic rings. The number of halogens is 15. The van der Waals surface area contributed by atoms with Crippen molar-refractivity contribution in [2.45, 2.75) is 81.6 Å². The molecule has 1 atom stereocenters. The van der Waals surface area contributed by atoms with Gasteiger partial charge in [0.1, 0.15) is 0 Å². The van der Waals surface area contributed by atoms with Crippen molar-refractivity contribution in [2.75, 3.05) is 26.2 Å². The first-order valence-electron chi connectivity index (χ1n) is 10.0. The summed E-state index contributed by atoms with van der Waals surface area (Å²) in [7, 11) is -8.01. The highest BCUT2D eigenvalue weighted by Gasteiger charge is 2.93. The Bertz CT molecular complexity index is 838. The minimum atomic E-state index is -8.57. The lowest BCUT2D eigenvalue weighted by atomic mass is 9.90. The minimum Gasteiger partial charge on any atom is -0.743 e. The van der Waals surface area contributed by atoms with Gasteiger partial charge in [-0.15, -0.1) is 0 Å². The predicted molar refractivity (Wildman–Crippen MR) is 97.3 cm³/mol. The Morgan fingerprint density at radius 1 is 0.595 bits per heavy atom. The molecule has 0 aliphatic heterocycles. The van der Waals surface area contributed by atoms with E-state index in [1.165, 1.54) is 30.7 Å². The fourth-order valence-electron chi connectivity index (χ4n) is 2.73. The Morgan fingerprint density at radius 2 is 0.838 bits per heavy atom. The molecule has 0 amide bonds. The Hall–Kier alpha value is -1.18. The van der Waals surface area contributed by atoms with E-state index in [1.807, 2.05) is 0 Å². The molecule has 37 heavy (non-hydrogen) atoms. The maximum absolute atomic E-state index is 13.1. The van der Waals surface area contributed by atoms with Crippen molar-refractivity contribution in [3.05, 3.63) is 0 Å². The van der Waals surface area contributed by atoms with Gasteiger partial charge >= 0.3 is 40.8 Å². The van der Waals surface area contributed by atoms with Gasteiger partial charge in [0.2, 0.25) is 0 Å². The van der Waals surface area contributed by atoms with Crippen LogP contribution in [0, 0.1) is 0 Å². The van der Waals surface area contributed by atoms with Crippen LogP contribution in [0.25, 0.3) is 0 Å². The lowest BCUT2D eigenvalue weighted by molar-refractivity contribution is -0.921. The average molecular weight is 607 g/mol. The molecule has 4 nitrogen and oxygen atoms in total. The highest BCUT2D eigenvalue weighted by Crippen LogP contribution is 2.63. The quantitative estimate of drug-likeness (QED) is 0.151. The second-order valence-corrected chi connectivity index (χ2v) is 9.11. The molecule has 0 radical (unpaired) electrons. The fraction of sp³-hybridized carbons (Fsp3) is 1.00. The van der Waals surface area contributed by atoms with E-state index in [1.54, 1.807) is 0 Å². The smallest absolute Gasteiger partial charge is 0.402 e. The first-order valence-corrected chi connectivity index (χ1v) is 11.4. The zero-order valence-corrected chi connectivity index (χ0v) is 20.5. The van der Waals surface area contributed by atoms with Gasteiger partial charge in [0, 0.05) is 0 Å². The number of hydrogen-bond acceptors (Lipinski definition) is 3. The summed E-state index contributed by atoms with van der Waals surface area (Å²) in [5.41, 5.74) is 0. The second kappa shape index (κ2) is 11.1. The average Bonchev–Trinajstić information content (AvgIpc) is 2.74. The highest BCUT2D eigenvalue weighted by atomic mass is 32.2. The Kier molecular flexibility index (Phi) is 11.4. The zero-order chi connectivity index (χ0) is 30.9. The lowest BCUT2D eigenvalue weighted by Crippen LogP contribution is -2.74. The third-order valence-corrected chi connectivity index (χ3v) is 6.74. The third kappa shape index (κ3) is 5.89. The monoisotopic (exact) mass is 607 g/mol. The van der Waals surface area contributed by atoms with Crippen LogP contribution < -0.4 is 0 Å². The van der Waals surface area contributed by atoms with E-state index in [0.717, 1.165) is 0 Å². The molecule has 0 aromatic carbocycles. The third-order valence-electron chi connectivity index (χ3n) is 5.86. The van der Waals surface area contributed by atoms with Crippen LogP contribution in [0.4, 0.5) is 65.9 Å². The first kappa shape index (κ1) is 38.0. The van der Waals surface area contributed by atoms with Gasteiger partial charge in [-0.2, -0.15) is 61.5 Å². The summed E-state index contributed by atoms with van der Waals surface area (Å²) in [6.45, 7) is 13.6. The topological polar surface area (TPSA) is 57.2 Å². The number of hydrogen-bond donors (Lipinski definition) is 0. The largest absolute Gasteiger partial charge is 0.743 e. The van der Waals surface area contributed by atoms with E-state index in [9.17, 15) is 78.8 Å². The van der Waals surface area contributed by atoms with Crippen LogP contribution in [0.3, 0.4) is 0 Å². The molecule has 0 aromatic rings. The Balaban J connectivity index is 0. The normalized spacial score (nSPS) is 16.2. The van der Waals surface area contributed by atoms with Crippen molar-refractivity contribution in [2.24, 2.45) is 0 Å². The van der Waals surface area contributed by atoms with Gasteiger partial charge in [-0.25, -0.2) is 12.8 Å². The molecule has 0 spiro atoms. The van der Waals surface area contributed by atoms with E-state index in [4.69, 9.17) is 0 Å². The number of nitrogens with zero attached hydrogens (tertiary/aromatic N) is 1. The molecule has 0 rings (SSSR count). The maximum Gasteiger partial charge on any atom is 0.402 e. The first-order chi connectivity index (χ1) is 15.9. The van der Waals surface area contributed by atoms with Crippen LogP contribution in [-0.2, 0) is 10.1 Å². The fourth-order valence-corrected chi connectivity index (χ4v) is 3.17. The van der Waals surface area contributed by atoms with Crippen molar-refractivity contribution in [3.8, 4) is 0 Å². The van der Waals surface area contributed by atoms with Gasteiger partial charge in [-0.05, 0) is 34.6 Å². The molecule has 0 saturated heterocycles. The van der Waals surface area contributed by atoms with Gasteiger partial charge in [-0.3, -0.25) is 0 Å². The lowest BCUT2D eigenvalue weighted by Gasteiger charge is -2.43. The van der Waals surface area contributed by atoms with Gasteiger partial charge < -0.3 is 9.04 Å². The van der Waals surface area contributed by atoms with Crippen LogP contribution in [0.1, 0.15) is 34.6 Å². The zero-order valence-electron chi connectivity index (χ0n) is 19.7. The summed E-state index contributed by atoms with van der Waals surface area (Å²) in [5.74, 6) is -48.6. The van der Waals surface area contributed by atoms with E-state index < -0.39 is 64.0 Å². The summed E-state index contributed by atoms with van der Waals surface area (Å²) < 4.78 is 225.